The molecule has 0 heterocycles. The predicted octanol–water partition coefficient (Wildman–Crippen LogP) is 1.69. The van der Waals surface area contributed by atoms with Crippen LogP contribution in [0.1, 0.15) is 45.4 Å². The molecule has 0 saturated heterocycles. The van der Waals surface area contributed by atoms with Crippen molar-refractivity contribution in [3.63, 3.8) is 0 Å². The van der Waals surface area contributed by atoms with Gasteiger partial charge in [-0.25, -0.2) is 13.1 Å². The molecule has 0 aromatic heterocycles. The molecule has 1 aliphatic carbocycles. The van der Waals surface area contributed by atoms with Crippen molar-refractivity contribution in [1.82, 2.24) is 4.72 Å². The second-order valence-electron chi connectivity index (χ2n) is 5.47. The largest absolute Gasteiger partial charge is 0.469 e. The molecule has 0 aromatic rings. The van der Waals surface area contributed by atoms with Crippen LogP contribution in [-0.4, -0.2) is 33.8 Å². The number of esters is 1. The first-order chi connectivity index (χ1) is 8.93. The Morgan fingerprint density at radius 1 is 1.26 bits per heavy atom. The maximum atomic E-state index is 11.7. The second kappa shape index (κ2) is 7.85. The van der Waals surface area contributed by atoms with Gasteiger partial charge in [0.1, 0.15) is 0 Å². The Bertz CT molecular complexity index is 372. The summed E-state index contributed by atoms with van der Waals surface area (Å²) >= 11 is 0. The van der Waals surface area contributed by atoms with Crippen molar-refractivity contribution < 1.29 is 17.9 Å². The molecule has 5 nitrogen and oxygen atoms in total. The highest BCUT2D eigenvalue weighted by molar-refractivity contribution is 7.89. The SMILES string of the molecule is COC(=O)CCCS(=O)(=O)NCC1CCC(C)CC1. The van der Waals surface area contributed by atoms with E-state index in [4.69, 9.17) is 0 Å². The number of carbonyl (C=O) groups excluding carboxylic acids is 1. The summed E-state index contributed by atoms with van der Waals surface area (Å²) in [5.41, 5.74) is 0. The third-order valence-electron chi connectivity index (χ3n) is 3.75. The van der Waals surface area contributed by atoms with E-state index >= 15 is 0 Å². The van der Waals surface area contributed by atoms with Gasteiger partial charge in [0.05, 0.1) is 12.9 Å². The normalized spacial score (nSPS) is 24.1. The third kappa shape index (κ3) is 6.92. The minimum absolute atomic E-state index is 0.00871. The van der Waals surface area contributed by atoms with E-state index in [1.165, 1.54) is 20.0 Å². The number of nitrogens with one attached hydrogen (secondary N) is 1. The molecular weight excluding hydrogens is 266 g/mol. The number of hydrogen-bond donors (Lipinski definition) is 1. The van der Waals surface area contributed by atoms with Crippen LogP contribution in [0, 0.1) is 11.8 Å². The first-order valence-corrected chi connectivity index (χ1v) is 8.62. The summed E-state index contributed by atoms with van der Waals surface area (Å²) in [5, 5.41) is 0. The van der Waals surface area contributed by atoms with E-state index in [2.05, 4.69) is 16.4 Å². The first-order valence-electron chi connectivity index (χ1n) is 6.97. The van der Waals surface area contributed by atoms with Gasteiger partial charge in [-0.3, -0.25) is 4.79 Å². The molecule has 0 unspecified atom stereocenters. The van der Waals surface area contributed by atoms with E-state index in [0.29, 0.717) is 18.9 Å². The monoisotopic (exact) mass is 291 g/mol. The summed E-state index contributed by atoms with van der Waals surface area (Å²) < 4.78 is 30.6. The van der Waals surface area contributed by atoms with Crippen molar-refractivity contribution in [3.8, 4) is 0 Å². The van der Waals surface area contributed by atoms with E-state index < -0.39 is 10.0 Å². The van der Waals surface area contributed by atoms with Crippen LogP contribution >= 0.6 is 0 Å². The molecule has 112 valence electrons. The molecule has 6 heteroatoms. The molecule has 0 aliphatic heterocycles. The zero-order chi connectivity index (χ0) is 14.3. The Labute approximate surface area is 116 Å². The third-order valence-corrected chi connectivity index (χ3v) is 5.18. The van der Waals surface area contributed by atoms with Crippen LogP contribution in [0.3, 0.4) is 0 Å². The number of hydrogen-bond acceptors (Lipinski definition) is 4. The lowest BCUT2D eigenvalue weighted by Gasteiger charge is -2.26. The average Bonchev–Trinajstić information content (AvgIpc) is 2.38. The Balaban J connectivity index is 2.21. The zero-order valence-corrected chi connectivity index (χ0v) is 12.7. The fraction of sp³-hybridized carbons (Fsp3) is 0.923. The van der Waals surface area contributed by atoms with Gasteiger partial charge in [0.2, 0.25) is 10.0 Å². The van der Waals surface area contributed by atoms with Crippen LogP contribution in [0.5, 0.6) is 0 Å². The van der Waals surface area contributed by atoms with Crippen LogP contribution in [0.2, 0.25) is 0 Å². The number of ether oxygens (including phenoxy) is 1. The van der Waals surface area contributed by atoms with Gasteiger partial charge in [-0.15, -0.1) is 0 Å². The highest BCUT2D eigenvalue weighted by Crippen LogP contribution is 2.27. The van der Waals surface area contributed by atoms with Gasteiger partial charge < -0.3 is 4.74 Å². The standard InChI is InChI=1S/C13H25NO4S/c1-11-5-7-12(8-6-11)10-14-19(16,17)9-3-4-13(15)18-2/h11-12,14H,3-10H2,1-2H3. The van der Waals surface area contributed by atoms with E-state index in [1.807, 2.05) is 0 Å². The molecule has 1 rings (SSSR count). The lowest BCUT2D eigenvalue weighted by molar-refractivity contribution is -0.140. The molecule has 0 spiro atoms. The molecule has 1 fully saturated rings. The molecular formula is C13H25NO4S. The lowest BCUT2D eigenvalue weighted by Crippen LogP contribution is -2.32. The van der Waals surface area contributed by atoms with E-state index in [-0.39, 0.29) is 18.1 Å². The van der Waals surface area contributed by atoms with Gasteiger partial charge in [0.25, 0.3) is 0 Å². The van der Waals surface area contributed by atoms with Gasteiger partial charge in [-0.05, 0) is 31.1 Å². The van der Waals surface area contributed by atoms with Crippen LogP contribution in [-0.2, 0) is 19.6 Å². The van der Waals surface area contributed by atoms with Gasteiger partial charge in [0, 0.05) is 13.0 Å². The van der Waals surface area contributed by atoms with Crippen molar-refractivity contribution in [2.45, 2.75) is 45.4 Å². The summed E-state index contributed by atoms with van der Waals surface area (Å²) in [6, 6.07) is 0. The van der Waals surface area contributed by atoms with E-state index in [0.717, 1.165) is 18.8 Å². The number of sulfonamides is 1. The van der Waals surface area contributed by atoms with Crippen LogP contribution in [0.15, 0.2) is 0 Å². The van der Waals surface area contributed by atoms with Crippen molar-refractivity contribution >= 4 is 16.0 Å². The van der Waals surface area contributed by atoms with E-state index in [1.54, 1.807) is 0 Å². The minimum Gasteiger partial charge on any atom is -0.469 e. The molecule has 1 N–H and O–H groups in total. The number of rotatable bonds is 7. The van der Waals surface area contributed by atoms with Crippen molar-refractivity contribution in [2.75, 3.05) is 19.4 Å². The van der Waals surface area contributed by atoms with E-state index in [9.17, 15) is 13.2 Å². The fourth-order valence-corrected chi connectivity index (χ4v) is 3.52. The summed E-state index contributed by atoms with van der Waals surface area (Å²) in [5.74, 6) is 0.863. The highest BCUT2D eigenvalue weighted by Gasteiger charge is 2.20. The zero-order valence-electron chi connectivity index (χ0n) is 11.9. The smallest absolute Gasteiger partial charge is 0.305 e. The molecule has 0 radical (unpaired) electrons. The Hall–Kier alpha value is -0.620. The van der Waals surface area contributed by atoms with Gasteiger partial charge >= 0.3 is 5.97 Å². The maximum absolute atomic E-state index is 11.7. The van der Waals surface area contributed by atoms with Crippen LogP contribution in [0.25, 0.3) is 0 Å². The molecule has 0 amide bonds. The summed E-state index contributed by atoms with van der Waals surface area (Å²) in [6.07, 6.45) is 5.04. The highest BCUT2D eigenvalue weighted by atomic mass is 32.2. The van der Waals surface area contributed by atoms with Crippen molar-refractivity contribution in [2.24, 2.45) is 11.8 Å². The van der Waals surface area contributed by atoms with Crippen LogP contribution in [0.4, 0.5) is 0 Å². The fourth-order valence-electron chi connectivity index (χ4n) is 2.36. The first kappa shape index (κ1) is 16.4. The van der Waals surface area contributed by atoms with Gasteiger partial charge in [0.15, 0.2) is 0 Å². The summed E-state index contributed by atoms with van der Waals surface area (Å²) in [7, 11) is -1.95. The molecule has 1 aliphatic rings. The maximum Gasteiger partial charge on any atom is 0.305 e. The molecule has 0 atom stereocenters. The molecule has 0 bridgehead atoms. The predicted molar refractivity (Wildman–Crippen MR) is 74.2 cm³/mol. The van der Waals surface area contributed by atoms with Crippen molar-refractivity contribution in [3.05, 3.63) is 0 Å². The van der Waals surface area contributed by atoms with Crippen molar-refractivity contribution in [1.29, 1.82) is 0 Å². The topological polar surface area (TPSA) is 72.5 Å². The number of methoxy groups -OCH3 is 1. The Kier molecular flexibility index (Phi) is 6.79. The Morgan fingerprint density at radius 2 is 1.89 bits per heavy atom. The van der Waals surface area contributed by atoms with Gasteiger partial charge in [-0.2, -0.15) is 0 Å². The molecule has 0 aromatic carbocycles. The summed E-state index contributed by atoms with van der Waals surface area (Å²) in [6.45, 7) is 2.78. The molecule has 1 saturated carbocycles. The second-order valence-corrected chi connectivity index (χ2v) is 7.40. The average molecular weight is 291 g/mol. The van der Waals surface area contributed by atoms with Gasteiger partial charge in [-0.1, -0.05) is 19.8 Å². The molecule has 19 heavy (non-hydrogen) atoms. The Morgan fingerprint density at radius 3 is 2.47 bits per heavy atom. The quantitative estimate of drug-likeness (QED) is 0.724. The number of carbonyl (C=O) groups is 1. The lowest BCUT2D eigenvalue weighted by atomic mass is 9.83. The summed E-state index contributed by atoms with van der Waals surface area (Å²) in [4.78, 5) is 10.9. The minimum atomic E-state index is -3.26. The van der Waals surface area contributed by atoms with Crippen LogP contribution < -0.4 is 4.72 Å².